The number of benzene rings is 1. The van der Waals surface area contributed by atoms with E-state index < -0.39 is 23.8 Å². The summed E-state index contributed by atoms with van der Waals surface area (Å²) in [6.07, 6.45) is 4.66. The molecule has 7 heteroatoms. The summed E-state index contributed by atoms with van der Waals surface area (Å²) in [4.78, 5) is 42.0. The van der Waals surface area contributed by atoms with Crippen LogP contribution >= 0.6 is 0 Å². The number of ether oxygens (including phenoxy) is 1. The maximum absolute atomic E-state index is 14.1. The zero-order chi connectivity index (χ0) is 27.3. The van der Waals surface area contributed by atoms with Crippen LogP contribution in [-0.2, 0) is 14.3 Å². The first-order valence-electron chi connectivity index (χ1n) is 13.6. The molecule has 3 amide bonds. The van der Waals surface area contributed by atoms with Gasteiger partial charge >= 0.3 is 6.09 Å². The van der Waals surface area contributed by atoms with Gasteiger partial charge in [-0.2, -0.15) is 0 Å². The number of amides is 3. The maximum Gasteiger partial charge on any atom is 0.408 e. The van der Waals surface area contributed by atoms with Gasteiger partial charge in [-0.15, -0.1) is 0 Å². The second-order valence-corrected chi connectivity index (χ2v) is 10.7. The van der Waals surface area contributed by atoms with Crippen molar-refractivity contribution in [3.05, 3.63) is 35.4 Å². The predicted molar refractivity (Wildman–Crippen MR) is 146 cm³/mol. The highest BCUT2D eigenvalue weighted by Crippen LogP contribution is 2.25. The Morgan fingerprint density at radius 1 is 0.972 bits per heavy atom. The van der Waals surface area contributed by atoms with Crippen molar-refractivity contribution in [2.24, 2.45) is 5.92 Å². The molecule has 0 bridgehead atoms. The van der Waals surface area contributed by atoms with Crippen molar-refractivity contribution in [1.29, 1.82) is 0 Å². The molecule has 2 N–H and O–H groups in total. The zero-order valence-corrected chi connectivity index (χ0v) is 23.8. The molecule has 0 aromatic heterocycles. The molecule has 7 nitrogen and oxygen atoms in total. The van der Waals surface area contributed by atoms with E-state index in [0.717, 1.165) is 43.2 Å². The van der Waals surface area contributed by atoms with Crippen molar-refractivity contribution < 1.29 is 19.1 Å². The third-order valence-corrected chi connectivity index (χ3v) is 6.22. The SMILES string of the molecule is CCCCCNC(=O)C(c1ccc(C)cc1)N(CCCC)C(=O)C(NC(=O)OC(C)(C)C)C(C)CC. The number of nitrogens with zero attached hydrogens (tertiary/aromatic N) is 1. The van der Waals surface area contributed by atoms with Crippen LogP contribution in [0.1, 0.15) is 104 Å². The van der Waals surface area contributed by atoms with E-state index in [9.17, 15) is 14.4 Å². The second kappa shape index (κ2) is 15.5. The monoisotopic (exact) mass is 503 g/mol. The molecular formula is C29H49N3O4. The molecule has 0 saturated heterocycles. The third-order valence-electron chi connectivity index (χ3n) is 6.22. The molecule has 0 aliphatic heterocycles. The van der Waals surface area contributed by atoms with Crippen molar-refractivity contribution >= 4 is 17.9 Å². The van der Waals surface area contributed by atoms with Crippen LogP contribution < -0.4 is 10.6 Å². The van der Waals surface area contributed by atoms with Crippen LogP contribution in [0.3, 0.4) is 0 Å². The van der Waals surface area contributed by atoms with E-state index in [0.29, 0.717) is 19.5 Å². The lowest BCUT2D eigenvalue weighted by Gasteiger charge is -2.36. The van der Waals surface area contributed by atoms with Crippen molar-refractivity contribution in [2.75, 3.05) is 13.1 Å². The first-order valence-corrected chi connectivity index (χ1v) is 13.6. The Morgan fingerprint density at radius 2 is 1.58 bits per heavy atom. The van der Waals surface area contributed by atoms with Crippen LogP contribution in [0.5, 0.6) is 0 Å². The molecule has 0 radical (unpaired) electrons. The normalized spacial score (nSPS) is 13.9. The fraction of sp³-hybridized carbons (Fsp3) is 0.690. The van der Waals surface area contributed by atoms with Crippen molar-refractivity contribution in [1.82, 2.24) is 15.5 Å². The van der Waals surface area contributed by atoms with Gasteiger partial charge in [-0.25, -0.2) is 4.79 Å². The zero-order valence-electron chi connectivity index (χ0n) is 23.8. The summed E-state index contributed by atoms with van der Waals surface area (Å²) >= 11 is 0. The Morgan fingerprint density at radius 3 is 2.11 bits per heavy atom. The predicted octanol–water partition coefficient (Wildman–Crippen LogP) is 5.91. The quantitative estimate of drug-likeness (QED) is 0.309. The number of aryl methyl sites for hydroxylation is 1. The number of hydrogen-bond donors (Lipinski definition) is 2. The van der Waals surface area contributed by atoms with Gasteiger partial charge in [0.2, 0.25) is 11.8 Å². The molecule has 0 aliphatic carbocycles. The third kappa shape index (κ3) is 10.6. The smallest absolute Gasteiger partial charge is 0.408 e. The highest BCUT2D eigenvalue weighted by Gasteiger charge is 2.37. The summed E-state index contributed by atoms with van der Waals surface area (Å²) in [6.45, 7) is 16.4. The van der Waals surface area contributed by atoms with E-state index in [1.807, 2.05) is 45.0 Å². The van der Waals surface area contributed by atoms with Gasteiger partial charge < -0.3 is 20.3 Å². The van der Waals surface area contributed by atoms with Crippen LogP contribution in [0.25, 0.3) is 0 Å². The number of nitrogens with one attached hydrogen (secondary N) is 2. The maximum atomic E-state index is 14.1. The number of hydrogen-bond acceptors (Lipinski definition) is 4. The Bertz CT molecular complexity index is 817. The summed E-state index contributed by atoms with van der Waals surface area (Å²) < 4.78 is 5.46. The van der Waals surface area contributed by atoms with Crippen LogP contribution in [0.4, 0.5) is 4.79 Å². The molecule has 1 rings (SSSR count). The summed E-state index contributed by atoms with van der Waals surface area (Å²) in [6, 6.07) is 6.16. The molecule has 204 valence electrons. The van der Waals surface area contributed by atoms with E-state index in [2.05, 4.69) is 24.5 Å². The number of unbranched alkanes of at least 4 members (excludes halogenated alkanes) is 3. The van der Waals surface area contributed by atoms with E-state index in [1.54, 1.807) is 25.7 Å². The van der Waals surface area contributed by atoms with Crippen LogP contribution in [-0.4, -0.2) is 47.5 Å². The largest absolute Gasteiger partial charge is 0.444 e. The van der Waals surface area contributed by atoms with Crippen molar-refractivity contribution in [2.45, 2.75) is 112 Å². The summed E-state index contributed by atoms with van der Waals surface area (Å²) in [5, 5.41) is 5.86. The van der Waals surface area contributed by atoms with Crippen molar-refractivity contribution in [3.63, 3.8) is 0 Å². The second-order valence-electron chi connectivity index (χ2n) is 10.7. The lowest BCUT2D eigenvalue weighted by Crippen LogP contribution is -2.55. The highest BCUT2D eigenvalue weighted by atomic mass is 16.6. The molecule has 0 saturated carbocycles. The molecule has 0 aliphatic rings. The van der Waals surface area contributed by atoms with E-state index in [1.165, 1.54) is 0 Å². The number of carbonyl (C=O) groups is 3. The molecule has 0 heterocycles. The van der Waals surface area contributed by atoms with Gasteiger partial charge in [-0.1, -0.05) is 83.2 Å². The molecule has 0 fully saturated rings. The van der Waals surface area contributed by atoms with E-state index >= 15 is 0 Å². The lowest BCUT2D eigenvalue weighted by atomic mass is 9.95. The summed E-state index contributed by atoms with van der Waals surface area (Å²) in [7, 11) is 0. The van der Waals surface area contributed by atoms with Crippen LogP contribution in [0.15, 0.2) is 24.3 Å². The Hall–Kier alpha value is -2.57. The molecule has 0 spiro atoms. The Balaban J connectivity index is 3.40. The molecule has 1 aromatic rings. The topological polar surface area (TPSA) is 87.7 Å². The number of alkyl carbamates (subject to hydrolysis) is 1. The fourth-order valence-corrected chi connectivity index (χ4v) is 3.90. The fourth-order valence-electron chi connectivity index (χ4n) is 3.90. The number of carbonyl (C=O) groups excluding carboxylic acids is 3. The van der Waals surface area contributed by atoms with E-state index in [-0.39, 0.29) is 17.7 Å². The molecule has 1 aromatic carbocycles. The first kappa shape index (κ1) is 31.5. The Labute approximate surface area is 218 Å². The minimum absolute atomic E-state index is 0.138. The van der Waals surface area contributed by atoms with Gasteiger partial charge in [0.05, 0.1) is 0 Å². The first-order chi connectivity index (χ1) is 16.9. The van der Waals surface area contributed by atoms with Gasteiger partial charge in [0.25, 0.3) is 0 Å². The van der Waals surface area contributed by atoms with Gasteiger partial charge in [0.1, 0.15) is 17.7 Å². The summed E-state index contributed by atoms with van der Waals surface area (Å²) in [5.74, 6) is -0.599. The van der Waals surface area contributed by atoms with Gasteiger partial charge in [-0.05, 0) is 52.0 Å². The minimum Gasteiger partial charge on any atom is -0.444 e. The average Bonchev–Trinajstić information content (AvgIpc) is 2.81. The van der Waals surface area contributed by atoms with Gasteiger partial charge in [-0.3, -0.25) is 9.59 Å². The molecule has 3 atom stereocenters. The van der Waals surface area contributed by atoms with E-state index in [4.69, 9.17) is 4.74 Å². The number of rotatable bonds is 14. The van der Waals surface area contributed by atoms with Crippen LogP contribution in [0.2, 0.25) is 0 Å². The molecule has 36 heavy (non-hydrogen) atoms. The Kier molecular flexibility index (Phi) is 13.6. The standard InChI is InChI=1S/C29H49N3O4/c1-9-12-14-19-30-26(33)25(23-17-15-21(4)16-18-23)32(20-13-10-2)27(34)24(22(5)11-3)31-28(35)36-29(6,7)8/h15-18,22,24-25H,9-14,19-20H2,1-8H3,(H,30,33)(H,31,35). The molecular weight excluding hydrogens is 454 g/mol. The van der Waals surface area contributed by atoms with Crippen LogP contribution in [0, 0.1) is 12.8 Å². The highest BCUT2D eigenvalue weighted by molar-refractivity contribution is 5.92. The molecule has 3 unspecified atom stereocenters. The summed E-state index contributed by atoms with van der Waals surface area (Å²) in [5.41, 5.74) is 1.16. The minimum atomic E-state index is -0.803. The average molecular weight is 504 g/mol. The lowest BCUT2D eigenvalue weighted by molar-refractivity contribution is -0.143. The van der Waals surface area contributed by atoms with Gasteiger partial charge in [0, 0.05) is 13.1 Å². The van der Waals surface area contributed by atoms with Crippen molar-refractivity contribution in [3.8, 4) is 0 Å². The van der Waals surface area contributed by atoms with Gasteiger partial charge in [0.15, 0.2) is 0 Å².